The van der Waals surface area contributed by atoms with Gasteiger partial charge in [0.2, 0.25) is 5.91 Å². The number of amides is 4. The molecule has 19 nitrogen and oxygen atoms in total. The highest BCUT2D eigenvalue weighted by Gasteiger charge is 2.61. The van der Waals surface area contributed by atoms with Crippen molar-refractivity contribution in [2.45, 2.75) is 69.1 Å². The number of ether oxygens (including phenoxy) is 2. The van der Waals surface area contributed by atoms with Crippen molar-refractivity contribution in [1.29, 1.82) is 0 Å². The predicted octanol–water partition coefficient (Wildman–Crippen LogP) is 3.72. The van der Waals surface area contributed by atoms with E-state index in [2.05, 4.69) is 0 Å². The molecule has 7 atom stereocenters. The van der Waals surface area contributed by atoms with E-state index in [1.54, 1.807) is 6.92 Å². The Morgan fingerprint density at radius 2 is 1.55 bits per heavy atom. The van der Waals surface area contributed by atoms with Gasteiger partial charge < -0.3 is 35.0 Å². The standard InChI is InChI=1S/C35H40N6O13S2/c1-5-55-30(32(44)37(4)54-34(36)46)25-14-24(15-38(25)35(47)53-17-21-8-12-23(13-9-21)41(50)51)56-29-18(2)27-26(19(3)42)31(43)39(27)28(29)33(45)52-16-20-6-10-22(11-7-20)40(48)49/h6-13,18-19,24-27,30,42H,5,14-17H2,1-4H3,(H2,36,46)/t18-,19-,24+,25+,26-,27-,30?/m1/s1. The van der Waals surface area contributed by atoms with Crippen molar-refractivity contribution in [3.05, 3.63) is 90.5 Å². The normalized spacial score (nSPS) is 22.4. The minimum Gasteiger partial charge on any atom is -0.456 e. The van der Waals surface area contributed by atoms with E-state index in [0.717, 1.165) is 0 Å². The van der Waals surface area contributed by atoms with Crippen LogP contribution in [0.2, 0.25) is 0 Å². The van der Waals surface area contributed by atoms with Crippen LogP contribution in [0.15, 0.2) is 59.1 Å². The summed E-state index contributed by atoms with van der Waals surface area (Å²) in [4.78, 5) is 95.2. The van der Waals surface area contributed by atoms with Gasteiger partial charge in [0.1, 0.15) is 24.2 Å². The average molecular weight is 817 g/mol. The Bertz CT molecular complexity index is 1910. The third kappa shape index (κ3) is 8.84. The van der Waals surface area contributed by atoms with Crippen LogP contribution in [0.5, 0.6) is 0 Å². The molecule has 2 aromatic rings. The molecule has 2 saturated heterocycles. The number of nitro groups is 2. The first-order valence-corrected chi connectivity index (χ1v) is 19.3. The monoisotopic (exact) mass is 816 g/mol. The van der Waals surface area contributed by atoms with E-state index in [-0.39, 0.29) is 43.3 Å². The number of hydroxylamine groups is 2. The zero-order valence-electron chi connectivity index (χ0n) is 30.7. The molecule has 300 valence electrons. The minimum atomic E-state index is -1.22. The average Bonchev–Trinajstić information content (AvgIpc) is 3.67. The molecule has 3 N–H and O–H groups in total. The maximum Gasteiger partial charge on any atom is 0.429 e. The summed E-state index contributed by atoms with van der Waals surface area (Å²) in [6, 6.07) is 9.49. The molecular weight excluding hydrogens is 777 g/mol. The summed E-state index contributed by atoms with van der Waals surface area (Å²) in [6.07, 6.45) is -2.84. The number of rotatable bonds is 14. The molecule has 0 radical (unpaired) electrons. The number of carbonyl (C=O) groups is 5. The first kappa shape index (κ1) is 41.7. The van der Waals surface area contributed by atoms with E-state index in [1.807, 2.05) is 6.92 Å². The van der Waals surface area contributed by atoms with Crippen LogP contribution in [0.25, 0.3) is 0 Å². The third-order valence-corrected chi connectivity index (χ3v) is 12.3. The van der Waals surface area contributed by atoms with Gasteiger partial charge in [-0.2, -0.15) is 5.06 Å². The topological polar surface area (TPSA) is 255 Å². The highest BCUT2D eigenvalue weighted by atomic mass is 32.2. The molecule has 1 unspecified atom stereocenters. The lowest BCUT2D eigenvalue weighted by Crippen LogP contribution is -2.63. The third-order valence-electron chi connectivity index (χ3n) is 9.64. The minimum absolute atomic E-state index is 0.0165. The molecule has 56 heavy (non-hydrogen) atoms. The number of nitrogens with two attached hydrogens (primary N) is 1. The molecule has 2 fully saturated rings. The Labute approximate surface area is 328 Å². The second-order valence-electron chi connectivity index (χ2n) is 13.3. The number of carbonyl (C=O) groups excluding carboxylic acids is 5. The number of likely N-dealkylation sites (tertiary alicyclic amines) is 1. The fraction of sp³-hybridized carbons (Fsp3) is 0.457. The van der Waals surface area contributed by atoms with Crippen LogP contribution < -0.4 is 5.73 Å². The Morgan fingerprint density at radius 1 is 1.00 bits per heavy atom. The van der Waals surface area contributed by atoms with Gasteiger partial charge in [-0.1, -0.05) is 13.8 Å². The summed E-state index contributed by atoms with van der Waals surface area (Å²) in [5.41, 5.74) is 5.80. The maximum atomic E-state index is 13.8. The van der Waals surface area contributed by atoms with Crippen molar-refractivity contribution in [2.75, 3.05) is 19.3 Å². The molecule has 3 aliphatic heterocycles. The first-order chi connectivity index (χ1) is 26.5. The number of non-ortho nitro benzene ring substituents is 2. The molecule has 3 heterocycles. The number of nitro benzene ring substituents is 2. The van der Waals surface area contributed by atoms with Crippen molar-refractivity contribution in [1.82, 2.24) is 14.9 Å². The van der Waals surface area contributed by atoms with E-state index >= 15 is 0 Å². The number of β-lactam (4-membered cyclic amide) rings is 1. The Morgan fingerprint density at radius 3 is 2.05 bits per heavy atom. The lowest BCUT2D eigenvalue weighted by molar-refractivity contribution is -0.385. The van der Waals surface area contributed by atoms with E-state index < -0.39 is 80.3 Å². The zero-order chi connectivity index (χ0) is 41.0. The largest absolute Gasteiger partial charge is 0.456 e. The van der Waals surface area contributed by atoms with Gasteiger partial charge in [0.05, 0.1) is 34.0 Å². The summed E-state index contributed by atoms with van der Waals surface area (Å²) in [5, 5.41) is 31.9. The Kier molecular flexibility index (Phi) is 13.1. The Hall–Kier alpha value is -5.41. The molecule has 0 aromatic heterocycles. The van der Waals surface area contributed by atoms with Gasteiger partial charge in [-0.25, -0.2) is 14.4 Å². The van der Waals surface area contributed by atoms with Gasteiger partial charge >= 0.3 is 18.2 Å². The van der Waals surface area contributed by atoms with Crippen molar-refractivity contribution in [3.8, 4) is 0 Å². The number of fused-ring (bicyclic) bond motifs is 1. The molecule has 5 rings (SSSR count). The molecule has 0 saturated carbocycles. The number of benzene rings is 2. The lowest BCUT2D eigenvalue weighted by atomic mass is 9.79. The number of hydrogen-bond donors (Lipinski definition) is 2. The SMILES string of the molecule is CCSC(C(=O)N(C)OC(N)=O)[C@@H]1C[C@H](SC2=C(C(=O)OCc3ccc([N+](=O)[O-])cc3)N3C(=O)[C@H]([C@@H](C)O)[C@H]3[C@H]2C)CN1C(=O)OCc1ccc([N+](=O)[O-])cc1. The van der Waals surface area contributed by atoms with Crippen LogP contribution in [0.1, 0.15) is 38.3 Å². The Balaban J connectivity index is 1.43. The van der Waals surface area contributed by atoms with Crippen LogP contribution in [0, 0.1) is 32.1 Å². The van der Waals surface area contributed by atoms with Gasteiger partial charge in [0.15, 0.2) is 0 Å². The second kappa shape index (κ2) is 17.6. The number of thioether (sulfide) groups is 2. The van der Waals surface area contributed by atoms with Crippen LogP contribution in [0.4, 0.5) is 21.0 Å². The lowest BCUT2D eigenvalue weighted by Gasteiger charge is -2.46. The van der Waals surface area contributed by atoms with E-state index in [1.165, 1.54) is 95.8 Å². The number of aliphatic hydroxyl groups excluding tert-OH is 1. The number of primary amides is 1. The maximum absolute atomic E-state index is 13.8. The molecule has 21 heteroatoms. The zero-order valence-corrected chi connectivity index (χ0v) is 32.3. The fourth-order valence-corrected chi connectivity index (χ4v) is 9.68. The first-order valence-electron chi connectivity index (χ1n) is 17.4. The summed E-state index contributed by atoms with van der Waals surface area (Å²) in [7, 11) is 1.22. The van der Waals surface area contributed by atoms with Crippen molar-refractivity contribution in [2.24, 2.45) is 17.6 Å². The van der Waals surface area contributed by atoms with E-state index in [9.17, 15) is 49.3 Å². The highest BCUT2D eigenvalue weighted by Crippen LogP contribution is 2.53. The van der Waals surface area contributed by atoms with Gasteiger partial charge in [0, 0.05) is 53.9 Å². The molecule has 2 aromatic carbocycles. The number of hydrogen-bond acceptors (Lipinski definition) is 15. The number of esters is 1. The predicted molar refractivity (Wildman–Crippen MR) is 200 cm³/mol. The van der Waals surface area contributed by atoms with E-state index in [0.29, 0.717) is 26.8 Å². The number of aliphatic hydroxyl groups is 1. The summed E-state index contributed by atoms with van der Waals surface area (Å²) < 4.78 is 11.3. The van der Waals surface area contributed by atoms with Crippen molar-refractivity contribution >= 4 is 64.9 Å². The molecule has 0 aliphatic carbocycles. The van der Waals surface area contributed by atoms with Gasteiger partial charge in [0.25, 0.3) is 17.3 Å². The molecule has 4 amide bonds. The van der Waals surface area contributed by atoms with Crippen LogP contribution in [-0.2, 0) is 41.9 Å². The van der Waals surface area contributed by atoms with Gasteiger partial charge in [-0.3, -0.25) is 29.8 Å². The van der Waals surface area contributed by atoms with Crippen molar-refractivity contribution < 1.29 is 53.2 Å². The summed E-state index contributed by atoms with van der Waals surface area (Å²) in [6.45, 7) is 4.64. The van der Waals surface area contributed by atoms with Crippen molar-refractivity contribution in [3.63, 3.8) is 0 Å². The summed E-state index contributed by atoms with van der Waals surface area (Å²) >= 11 is 2.43. The quantitative estimate of drug-likeness (QED) is 0.119. The van der Waals surface area contributed by atoms with E-state index in [4.69, 9.17) is 20.0 Å². The smallest absolute Gasteiger partial charge is 0.429 e. The van der Waals surface area contributed by atoms with Gasteiger partial charge in [-0.15, -0.1) is 23.5 Å². The highest BCUT2D eigenvalue weighted by molar-refractivity contribution is 8.03. The molecule has 3 aliphatic rings. The summed E-state index contributed by atoms with van der Waals surface area (Å²) in [5.74, 6) is -2.75. The molecule has 0 bridgehead atoms. The van der Waals surface area contributed by atoms with Crippen LogP contribution in [0.3, 0.4) is 0 Å². The molecular formula is C35H40N6O13S2. The fourth-order valence-electron chi connectivity index (χ4n) is 7.02. The second-order valence-corrected chi connectivity index (χ2v) is 16.0. The molecule has 0 spiro atoms. The van der Waals surface area contributed by atoms with Gasteiger partial charge in [-0.05, 0) is 54.5 Å². The van der Waals surface area contributed by atoms with Crippen LogP contribution in [-0.4, -0.2) is 108 Å². The number of nitrogens with zero attached hydrogens (tertiary/aromatic N) is 5. The van der Waals surface area contributed by atoms with Crippen LogP contribution >= 0.6 is 23.5 Å².